The molecule has 6 heteroatoms. The molecule has 96 valence electrons. The standard InChI is InChI=1S/C11H17FN2O2S/c1-9-4-5-10(8-11(9)12)17(15,16)14-7-3-6-13-2/h4-5,8,13-14H,3,6-7H2,1-2H3. The van der Waals surface area contributed by atoms with Crippen molar-refractivity contribution in [3.8, 4) is 0 Å². The molecule has 0 bridgehead atoms. The highest BCUT2D eigenvalue weighted by Crippen LogP contribution is 2.13. The van der Waals surface area contributed by atoms with Gasteiger partial charge < -0.3 is 5.32 Å². The lowest BCUT2D eigenvalue weighted by atomic mass is 10.2. The molecule has 17 heavy (non-hydrogen) atoms. The molecule has 0 saturated carbocycles. The van der Waals surface area contributed by atoms with Gasteiger partial charge in [0.05, 0.1) is 4.90 Å². The van der Waals surface area contributed by atoms with Crippen molar-refractivity contribution < 1.29 is 12.8 Å². The second kappa shape index (κ2) is 6.09. The molecule has 0 heterocycles. The fourth-order valence-corrected chi connectivity index (χ4v) is 2.38. The summed E-state index contributed by atoms with van der Waals surface area (Å²) in [6.07, 6.45) is 0.685. The highest BCUT2D eigenvalue weighted by atomic mass is 32.2. The van der Waals surface area contributed by atoms with Crippen LogP contribution < -0.4 is 10.0 Å². The Kier molecular flexibility index (Phi) is 5.04. The Morgan fingerprint density at radius 3 is 2.59 bits per heavy atom. The lowest BCUT2D eigenvalue weighted by Gasteiger charge is -2.07. The Labute approximate surface area is 101 Å². The molecule has 0 amide bonds. The van der Waals surface area contributed by atoms with E-state index in [1.165, 1.54) is 12.1 Å². The summed E-state index contributed by atoms with van der Waals surface area (Å²) >= 11 is 0. The summed E-state index contributed by atoms with van der Waals surface area (Å²) in [6.45, 7) is 2.65. The molecule has 1 aromatic rings. The van der Waals surface area contributed by atoms with E-state index in [9.17, 15) is 12.8 Å². The summed E-state index contributed by atoms with van der Waals surface area (Å²) < 4.78 is 39.2. The predicted octanol–water partition coefficient (Wildman–Crippen LogP) is 1.02. The van der Waals surface area contributed by atoms with Gasteiger partial charge in [0.25, 0.3) is 0 Å². The molecule has 0 unspecified atom stereocenters. The lowest BCUT2D eigenvalue weighted by molar-refractivity contribution is 0.573. The van der Waals surface area contributed by atoms with E-state index in [0.717, 1.165) is 12.6 Å². The SMILES string of the molecule is CNCCCNS(=O)(=O)c1ccc(C)c(F)c1. The first-order valence-corrected chi connectivity index (χ1v) is 6.86. The van der Waals surface area contributed by atoms with Crippen LogP contribution in [0.4, 0.5) is 4.39 Å². The van der Waals surface area contributed by atoms with Crippen LogP contribution in [0.5, 0.6) is 0 Å². The molecule has 4 nitrogen and oxygen atoms in total. The fraction of sp³-hybridized carbons (Fsp3) is 0.455. The first-order chi connectivity index (χ1) is 7.97. The van der Waals surface area contributed by atoms with Crippen molar-refractivity contribution in [2.75, 3.05) is 20.1 Å². The number of aryl methyl sites for hydroxylation is 1. The van der Waals surface area contributed by atoms with Gasteiger partial charge in [0.15, 0.2) is 0 Å². The van der Waals surface area contributed by atoms with Gasteiger partial charge in [-0.25, -0.2) is 17.5 Å². The van der Waals surface area contributed by atoms with Gasteiger partial charge in [0.1, 0.15) is 5.82 Å². The molecule has 1 rings (SSSR count). The maximum Gasteiger partial charge on any atom is 0.240 e. The van der Waals surface area contributed by atoms with Gasteiger partial charge in [-0.3, -0.25) is 0 Å². The van der Waals surface area contributed by atoms with E-state index in [0.29, 0.717) is 18.5 Å². The summed E-state index contributed by atoms with van der Waals surface area (Å²) in [5.41, 5.74) is 0.430. The zero-order valence-corrected chi connectivity index (χ0v) is 10.8. The zero-order chi connectivity index (χ0) is 12.9. The maximum atomic E-state index is 13.3. The smallest absolute Gasteiger partial charge is 0.240 e. The van der Waals surface area contributed by atoms with Crippen molar-refractivity contribution in [2.45, 2.75) is 18.2 Å². The number of sulfonamides is 1. The Morgan fingerprint density at radius 2 is 2.00 bits per heavy atom. The molecule has 0 spiro atoms. The van der Waals surface area contributed by atoms with Crippen LogP contribution in [0.25, 0.3) is 0 Å². The first kappa shape index (κ1) is 14.1. The average molecular weight is 260 g/mol. The van der Waals surface area contributed by atoms with Crippen molar-refractivity contribution in [3.63, 3.8) is 0 Å². The molecule has 1 aromatic carbocycles. The monoisotopic (exact) mass is 260 g/mol. The van der Waals surface area contributed by atoms with Gasteiger partial charge in [-0.2, -0.15) is 0 Å². The summed E-state index contributed by atoms with van der Waals surface area (Å²) in [4.78, 5) is -0.0370. The predicted molar refractivity (Wildman–Crippen MR) is 64.9 cm³/mol. The molecule has 0 aliphatic heterocycles. The summed E-state index contributed by atoms with van der Waals surface area (Å²) in [5, 5.41) is 2.92. The molecule has 0 aliphatic carbocycles. The number of hydrogen-bond donors (Lipinski definition) is 2. The minimum atomic E-state index is -3.60. The number of nitrogens with one attached hydrogen (secondary N) is 2. The van der Waals surface area contributed by atoms with Crippen molar-refractivity contribution in [1.82, 2.24) is 10.0 Å². The largest absolute Gasteiger partial charge is 0.320 e. The molecule has 0 fully saturated rings. The molecule has 2 N–H and O–H groups in total. The molecule has 0 saturated heterocycles. The number of hydrogen-bond acceptors (Lipinski definition) is 3. The van der Waals surface area contributed by atoms with Crippen molar-refractivity contribution in [2.24, 2.45) is 0 Å². The molecular formula is C11H17FN2O2S. The molecule has 0 aromatic heterocycles. The number of rotatable bonds is 6. The molecular weight excluding hydrogens is 243 g/mol. The maximum absolute atomic E-state index is 13.3. The van der Waals surface area contributed by atoms with Crippen LogP contribution in [0.15, 0.2) is 23.1 Å². The van der Waals surface area contributed by atoms with Crippen LogP contribution in [0, 0.1) is 12.7 Å². The summed E-state index contributed by atoms with van der Waals surface area (Å²) in [7, 11) is -1.80. The topological polar surface area (TPSA) is 58.2 Å². The number of benzene rings is 1. The Bertz CT molecular complexity index is 474. The Morgan fingerprint density at radius 1 is 1.29 bits per heavy atom. The van der Waals surface area contributed by atoms with Crippen LogP contribution in [0.2, 0.25) is 0 Å². The van der Waals surface area contributed by atoms with Gasteiger partial charge in [0, 0.05) is 6.54 Å². The Balaban J connectivity index is 2.72. The van der Waals surface area contributed by atoms with E-state index in [-0.39, 0.29) is 4.90 Å². The van der Waals surface area contributed by atoms with Crippen LogP contribution in [-0.2, 0) is 10.0 Å². The van der Waals surface area contributed by atoms with E-state index in [1.54, 1.807) is 14.0 Å². The van der Waals surface area contributed by atoms with Crippen LogP contribution in [0.1, 0.15) is 12.0 Å². The minimum absolute atomic E-state index is 0.0370. The van der Waals surface area contributed by atoms with E-state index in [2.05, 4.69) is 10.0 Å². The van der Waals surface area contributed by atoms with E-state index >= 15 is 0 Å². The normalized spacial score (nSPS) is 11.7. The third-order valence-corrected chi connectivity index (χ3v) is 3.81. The second-order valence-corrected chi connectivity index (χ2v) is 5.53. The van der Waals surface area contributed by atoms with E-state index < -0.39 is 15.8 Å². The van der Waals surface area contributed by atoms with Crippen molar-refractivity contribution >= 4 is 10.0 Å². The van der Waals surface area contributed by atoms with Crippen LogP contribution in [-0.4, -0.2) is 28.6 Å². The van der Waals surface area contributed by atoms with Gasteiger partial charge in [-0.1, -0.05) is 6.07 Å². The van der Waals surface area contributed by atoms with Crippen LogP contribution >= 0.6 is 0 Å². The van der Waals surface area contributed by atoms with Crippen molar-refractivity contribution in [3.05, 3.63) is 29.6 Å². The van der Waals surface area contributed by atoms with Gasteiger partial charge in [-0.15, -0.1) is 0 Å². The molecule has 0 radical (unpaired) electrons. The Hall–Kier alpha value is -0.980. The second-order valence-electron chi connectivity index (χ2n) is 3.77. The van der Waals surface area contributed by atoms with E-state index in [4.69, 9.17) is 0 Å². The minimum Gasteiger partial charge on any atom is -0.320 e. The zero-order valence-electron chi connectivity index (χ0n) is 9.96. The van der Waals surface area contributed by atoms with Gasteiger partial charge in [0.2, 0.25) is 10.0 Å². The third-order valence-electron chi connectivity index (χ3n) is 2.35. The van der Waals surface area contributed by atoms with Gasteiger partial charge >= 0.3 is 0 Å². The number of halogens is 1. The highest BCUT2D eigenvalue weighted by Gasteiger charge is 2.14. The quantitative estimate of drug-likeness (QED) is 0.751. The fourth-order valence-electron chi connectivity index (χ4n) is 1.30. The molecule has 0 aliphatic rings. The van der Waals surface area contributed by atoms with Gasteiger partial charge in [-0.05, 0) is 44.6 Å². The van der Waals surface area contributed by atoms with Crippen molar-refractivity contribution in [1.29, 1.82) is 0 Å². The lowest BCUT2D eigenvalue weighted by Crippen LogP contribution is -2.26. The third kappa shape index (κ3) is 4.07. The highest BCUT2D eigenvalue weighted by molar-refractivity contribution is 7.89. The summed E-state index contributed by atoms with van der Waals surface area (Å²) in [5.74, 6) is -0.511. The first-order valence-electron chi connectivity index (χ1n) is 5.38. The van der Waals surface area contributed by atoms with Crippen LogP contribution in [0.3, 0.4) is 0 Å². The summed E-state index contributed by atoms with van der Waals surface area (Å²) in [6, 6.07) is 3.89. The molecule has 0 atom stereocenters. The average Bonchev–Trinajstić information content (AvgIpc) is 2.28. The van der Waals surface area contributed by atoms with E-state index in [1.807, 2.05) is 0 Å².